The number of ether oxygens (including phenoxy) is 1. The summed E-state index contributed by atoms with van der Waals surface area (Å²) >= 11 is 9.12. The molecule has 0 saturated heterocycles. The van der Waals surface area contributed by atoms with Crippen molar-refractivity contribution in [2.45, 2.75) is 18.6 Å². The number of benzene rings is 1. The summed E-state index contributed by atoms with van der Waals surface area (Å²) in [6, 6.07) is 9.83. The molecule has 0 fully saturated rings. The van der Waals surface area contributed by atoms with Crippen LogP contribution in [-0.4, -0.2) is 26.7 Å². The highest BCUT2D eigenvalue weighted by atomic mass is 35.5. The van der Waals surface area contributed by atoms with E-state index in [1.54, 1.807) is 11.3 Å². The number of aromatic nitrogens is 3. The highest BCUT2D eigenvalue weighted by Crippen LogP contribution is 2.28. The normalized spacial score (nSPS) is 11.2. The molecule has 3 heterocycles. The molecule has 136 valence electrons. The van der Waals surface area contributed by atoms with Crippen LogP contribution >= 0.6 is 34.7 Å². The van der Waals surface area contributed by atoms with Crippen LogP contribution in [0.1, 0.15) is 11.1 Å². The first kappa shape index (κ1) is 18.2. The van der Waals surface area contributed by atoms with E-state index >= 15 is 0 Å². The van der Waals surface area contributed by atoms with Gasteiger partial charge >= 0.3 is 5.97 Å². The quantitative estimate of drug-likeness (QED) is 0.197. The Labute approximate surface area is 168 Å². The number of esters is 1. The monoisotopic (exact) mass is 415 g/mol. The van der Waals surface area contributed by atoms with Crippen LogP contribution in [0.5, 0.6) is 0 Å². The highest BCUT2D eigenvalue weighted by Gasteiger charge is 2.12. The van der Waals surface area contributed by atoms with Crippen molar-refractivity contribution in [2.75, 3.05) is 5.75 Å². The molecule has 0 N–H and O–H groups in total. The Kier molecular flexibility index (Phi) is 5.24. The molecule has 4 rings (SSSR count). The van der Waals surface area contributed by atoms with Crippen LogP contribution in [-0.2, 0) is 16.1 Å². The molecule has 0 radical (unpaired) electrons. The number of halogens is 1. The van der Waals surface area contributed by atoms with Gasteiger partial charge in [0.25, 0.3) is 0 Å². The summed E-state index contributed by atoms with van der Waals surface area (Å²) in [5.74, 6) is -0.165. The smallest absolute Gasteiger partial charge is 0.316 e. The van der Waals surface area contributed by atoms with Crippen LogP contribution in [0.3, 0.4) is 0 Å². The number of thiophene rings is 1. The van der Waals surface area contributed by atoms with Gasteiger partial charge in [-0.25, -0.2) is 15.0 Å². The third-order valence-electron chi connectivity index (χ3n) is 3.94. The lowest BCUT2D eigenvalue weighted by Crippen LogP contribution is -2.08. The van der Waals surface area contributed by atoms with Crippen molar-refractivity contribution in [3.8, 4) is 0 Å². The number of thioether (sulfide) groups is 1. The lowest BCUT2D eigenvalue weighted by atomic mass is 10.1. The molecular weight excluding hydrogens is 402 g/mol. The van der Waals surface area contributed by atoms with Crippen molar-refractivity contribution >= 4 is 61.8 Å². The molecule has 3 aromatic heterocycles. The summed E-state index contributed by atoms with van der Waals surface area (Å²) in [6.07, 6.45) is 1.51. The predicted molar refractivity (Wildman–Crippen MR) is 109 cm³/mol. The number of fused-ring (bicyclic) bond motifs is 2. The largest absolute Gasteiger partial charge is 0.460 e. The average Bonchev–Trinajstić information content (AvgIpc) is 3.14. The van der Waals surface area contributed by atoms with Gasteiger partial charge in [-0.1, -0.05) is 35.5 Å². The minimum atomic E-state index is -0.331. The van der Waals surface area contributed by atoms with Crippen LogP contribution < -0.4 is 0 Å². The topological polar surface area (TPSA) is 65.0 Å². The third kappa shape index (κ3) is 4.05. The molecule has 0 saturated carbocycles. The number of rotatable bonds is 5. The molecule has 0 amide bonds. The maximum atomic E-state index is 12.1. The van der Waals surface area contributed by atoms with E-state index in [9.17, 15) is 4.79 Å². The second kappa shape index (κ2) is 7.80. The molecule has 0 bridgehead atoms. The first-order valence-corrected chi connectivity index (χ1v) is 10.4. The molecular formula is C19H14ClN3O2S2. The van der Waals surface area contributed by atoms with Crippen molar-refractivity contribution in [3.05, 3.63) is 58.3 Å². The van der Waals surface area contributed by atoms with Gasteiger partial charge in [0.2, 0.25) is 0 Å². The molecule has 0 atom stereocenters. The minimum absolute atomic E-state index is 0.0900. The summed E-state index contributed by atoms with van der Waals surface area (Å²) < 4.78 is 5.37. The Morgan fingerprint density at radius 1 is 1.26 bits per heavy atom. The molecule has 27 heavy (non-hydrogen) atoms. The summed E-state index contributed by atoms with van der Waals surface area (Å²) in [5, 5.41) is 5.00. The summed E-state index contributed by atoms with van der Waals surface area (Å²) in [5.41, 5.74) is 2.63. The zero-order chi connectivity index (χ0) is 18.8. The summed E-state index contributed by atoms with van der Waals surface area (Å²) in [4.78, 5) is 25.9. The van der Waals surface area contributed by atoms with Gasteiger partial charge < -0.3 is 4.74 Å². The predicted octanol–water partition coefficient (Wildman–Crippen LogP) is 5.04. The van der Waals surface area contributed by atoms with Crippen molar-refractivity contribution in [2.24, 2.45) is 0 Å². The molecule has 0 unspecified atom stereocenters. The van der Waals surface area contributed by atoms with Gasteiger partial charge in [0.1, 0.15) is 27.9 Å². The van der Waals surface area contributed by atoms with Crippen molar-refractivity contribution < 1.29 is 9.53 Å². The molecule has 4 aromatic rings. The molecule has 0 aliphatic rings. The molecule has 0 aliphatic carbocycles. The number of aryl methyl sites for hydroxylation is 1. The van der Waals surface area contributed by atoms with Crippen molar-refractivity contribution in [1.29, 1.82) is 0 Å². The van der Waals surface area contributed by atoms with Crippen LogP contribution in [0.2, 0.25) is 5.15 Å². The summed E-state index contributed by atoms with van der Waals surface area (Å²) in [6.45, 7) is 2.09. The number of carbonyl (C=O) groups is 1. The number of nitrogens with zero attached hydrogens (tertiary/aromatic N) is 3. The van der Waals surface area contributed by atoms with Gasteiger partial charge in [-0.05, 0) is 36.1 Å². The van der Waals surface area contributed by atoms with Crippen LogP contribution in [0, 0.1) is 6.92 Å². The Morgan fingerprint density at radius 2 is 2.15 bits per heavy atom. The van der Waals surface area contributed by atoms with E-state index in [4.69, 9.17) is 16.3 Å². The van der Waals surface area contributed by atoms with Gasteiger partial charge in [0.05, 0.1) is 11.3 Å². The van der Waals surface area contributed by atoms with E-state index in [1.165, 1.54) is 18.1 Å². The molecule has 0 spiro atoms. The van der Waals surface area contributed by atoms with E-state index in [1.807, 2.05) is 42.6 Å². The fourth-order valence-electron chi connectivity index (χ4n) is 2.61. The highest BCUT2D eigenvalue weighted by molar-refractivity contribution is 8.00. The van der Waals surface area contributed by atoms with Gasteiger partial charge in [-0.3, -0.25) is 4.79 Å². The zero-order valence-electron chi connectivity index (χ0n) is 14.3. The lowest BCUT2D eigenvalue weighted by Gasteiger charge is -2.08. The second-order valence-electron chi connectivity index (χ2n) is 5.90. The standard InChI is InChI=1S/C19H14ClN3O2S2/c1-11-2-3-12-7-13(17(20)23-15(12)6-11)8-25-16(24)9-27-19-14-4-5-26-18(14)21-10-22-19/h2-7,10H,8-9H2,1H3. The molecule has 8 heteroatoms. The molecule has 0 aliphatic heterocycles. The van der Waals surface area contributed by atoms with E-state index in [2.05, 4.69) is 15.0 Å². The fourth-order valence-corrected chi connectivity index (χ4v) is 4.39. The molecule has 5 nitrogen and oxygen atoms in total. The lowest BCUT2D eigenvalue weighted by molar-refractivity contribution is -0.141. The van der Waals surface area contributed by atoms with E-state index in [0.29, 0.717) is 10.7 Å². The number of hydrogen-bond donors (Lipinski definition) is 0. The SMILES string of the molecule is Cc1ccc2cc(COC(=O)CSc3ncnc4sccc34)c(Cl)nc2c1. The van der Waals surface area contributed by atoms with Crippen molar-refractivity contribution in [1.82, 2.24) is 15.0 Å². The van der Waals surface area contributed by atoms with Gasteiger partial charge in [0, 0.05) is 16.3 Å². The number of carbonyl (C=O) groups excluding carboxylic acids is 1. The van der Waals surface area contributed by atoms with E-state index in [-0.39, 0.29) is 18.3 Å². The maximum absolute atomic E-state index is 12.1. The van der Waals surface area contributed by atoms with Crippen LogP contribution in [0.15, 0.2) is 47.1 Å². The minimum Gasteiger partial charge on any atom is -0.460 e. The molecule has 1 aromatic carbocycles. The first-order chi connectivity index (χ1) is 13.1. The maximum Gasteiger partial charge on any atom is 0.316 e. The fraction of sp³-hybridized carbons (Fsp3) is 0.158. The zero-order valence-corrected chi connectivity index (χ0v) is 16.7. The van der Waals surface area contributed by atoms with Gasteiger partial charge in [0.15, 0.2) is 0 Å². The first-order valence-electron chi connectivity index (χ1n) is 8.12. The Hall–Kier alpha value is -2.22. The van der Waals surface area contributed by atoms with Crippen molar-refractivity contribution in [3.63, 3.8) is 0 Å². The average molecular weight is 416 g/mol. The Morgan fingerprint density at radius 3 is 3.04 bits per heavy atom. The second-order valence-corrected chi connectivity index (χ2v) is 8.12. The van der Waals surface area contributed by atoms with Crippen LogP contribution in [0.4, 0.5) is 0 Å². The third-order valence-corrected chi connectivity index (χ3v) is 6.07. The van der Waals surface area contributed by atoms with Crippen LogP contribution in [0.25, 0.3) is 21.1 Å². The summed E-state index contributed by atoms with van der Waals surface area (Å²) in [7, 11) is 0. The number of pyridine rings is 1. The van der Waals surface area contributed by atoms with Gasteiger partial charge in [-0.15, -0.1) is 11.3 Å². The number of hydrogen-bond acceptors (Lipinski definition) is 7. The Bertz CT molecular complexity index is 1150. The van der Waals surface area contributed by atoms with E-state index < -0.39 is 0 Å². The van der Waals surface area contributed by atoms with Gasteiger partial charge in [-0.2, -0.15) is 0 Å². The Balaban J connectivity index is 1.40. The van der Waals surface area contributed by atoms with E-state index in [0.717, 1.165) is 31.7 Å².